The normalized spacial score (nSPS) is 10.2. The molecule has 0 spiro atoms. The molecule has 0 radical (unpaired) electrons. The van der Waals surface area contributed by atoms with Gasteiger partial charge in [0.2, 0.25) is 0 Å². The number of urea groups is 1. The first kappa shape index (κ1) is 14.7. The van der Waals surface area contributed by atoms with Gasteiger partial charge in [0.05, 0.1) is 6.10 Å². The summed E-state index contributed by atoms with van der Waals surface area (Å²) in [4.78, 5) is 21.1. The van der Waals surface area contributed by atoms with Crippen LogP contribution in [0.4, 0.5) is 4.79 Å². The van der Waals surface area contributed by atoms with Gasteiger partial charge in [0.15, 0.2) is 0 Å². The number of carboxylic acid groups (broad SMARTS) is 1. The number of hydrogen-bond donors (Lipinski definition) is 3. The van der Waals surface area contributed by atoms with E-state index in [9.17, 15) is 9.59 Å². The minimum Gasteiger partial charge on any atom is -0.480 e. The fourth-order valence-electron chi connectivity index (χ4n) is 0.966. The van der Waals surface area contributed by atoms with Crippen molar-refractivity contribution in [1.82, 2.24) is 10.6 Å². The van der Waals surface area contributed by atoms with Crippen molar-refractivity contribution in [2.75, 3.05) is 19.7 Å². The van der Waals surface area contributed by atoms with Gasteiger partial charge in [-0.2, -0.15) is 0 Å². The highest BCUT2D eigenvalue weighted by atomic mass is 16.5. The van der Waals surface area contributed by atoms with Crippen LogP contribution in [0, 0.1) is 0 Å². The van der Waals surface area contributed by atoms with Crippen molar-refractivity contribution in [1.29, 1.82) is 0 Å². The fraction of sp³-hybridized carbons (Fsp3) is 0.800. The van der Waals surface area contributed by atoms with Crippen LogP contribution in [0.15, 0.2) is 0 Å². The maximum absolute atomic E-state index is 11.0. The van der Waals surface area contributed by atoms with Crippen LogP contribution in [0.5, 0.6) is 0 Å². The molecule has 16 heavy (non-hydrogen) atoms. The Balaban J connectivity index is 3.24. The number of hydrogen-bond acceptors (Lipinski definition) is 3. The summed E-state index contributed by atoms with van der Waals surface area (Å²) in [6.07, 6.45) is 1.91. The van der Waals surface area contributed by atoms with Crippen LogP contribution in [0.25, 0.3) is 0 Å². The van der Waals surface area contributed by atoms with E-state index in [0.717, 1.165) is 12.8 Å². The monoisotopic (exact) mass is 232 g/mol. The number of unbranched alkanes of at least 4 members (excludes halogenated alkanes) is 1. The van der Waals surface area contributed by atoms with Crippen LogP contribution >= 0.6 is 0 Å². The first-order valence-electron chi connectivity index (χ1n) is 5.37. The van der Waals surface area contributed by atoms with Gasteiger partial charge in [0.1, 0.15) is 6.54 Å². The number of amides is 2. The van der Waals surface area contributed by atoms with Gasteiger partial charge in [0, 0.05) is 13.2 Å². The molecular weight excluding hydrogens is 212 g/mol. The Morgan fingerprint density at radius 1 is 1.25 bits per heavy atom. The van der Waals surface area contributed by atoms with Gasteiger partial charge < -0.3 is 20.5 Å². The molecule has 0 rings (SSSR count). The standard InChI is InChI=1S/C10H20N2O4/c1-8(2)16-6-4-3-5-11-10(15)12-7-9(13)14/h8H,3-7H2,1-2H3,(H,13,14)(H2,11,12,15). The van der Waals surface area contributed by atoms with E-state index >= 15 is 0 Å². The molecule has 0 aromatic carbocycles. The Morgan fingerprint density at radius 2 is 1.94 bits per heavy atom. The van der Waals surface area contributed by atoms with Crippen LogP contribution < -0.4 is 10.6 Å². The van der Waals surface area contributed by atoms with Crippen molar-refractivity contribution in [3.8, 4) is 0 Å². The molecule has 2 amide bonds. The SMILES string of the molecule is CC(C)OCCCCNC(=O)NCC(=O)O. The summed E-state index contributed by atoms with van der Waals surface area (Å²) < 4.78 is 5.32. The van der Waals surface area contributed by atoms with Crippen LogP contribution in [0.3, 0.4) is 0 Å². The molecule has 0 aliphatic rings. The molecule has 6 nitrogen and oxygen atoms in total. The van der Waals surface area contributed by atoms with Gasteiger partial charge >= 0.3 is 12.0 Å². The molecule has 6 heteroatoms. The summed E-state index contributed by atoms with van der Waals surface area (Å²) in [5.74, 6) is -1.06. The molecule has 3 N–H and O–H groups in total. The van der Waals surface area contributed by atoms with Gasteiger partial charge in [-0.05, 0) is 26.7 Å². The summed E-state index contributed by atoms with van der Waals surface area (Å²) >= 11 is 0. The number of carboxylic acids is 1. The van der Waals surface area contributed by atoms with Crippen molar-refractivity contribution >= 4 is 12.0 Å². The molecule has 0 aliphatic heterocycles. The first-order chi connectivity index (χ1) is 7.52. The number of carbonyl (C=O) groups excluding carboxylic acids is 1. The summed E-state index contributed by atoms with van der Waals surface area (Å²) in [5, 5.41) is 13.1. The molecule has 0 unspecified atom stereocenters. The zero-order valence-electron chi connectivity index (χ0n) is 9.78. The Kier molecular flexibility index (Phi) is 8.24. The third-order valence-corrected chi connectivity index (χ3v) is 1.71. The lowest BCUT2D eigenvalue weighted by atomic mass is 10.3. The molecular formula is C10H20N2O4. The second kappa shape index (κ2) is 8.96. The fourth-order valence-corrected chi connectivity index (χ4v) is 0.966. The van der Waals surface area contributed by atoms with E-state index in [2.05, 4.69) is 10.6 Å². The van der Waals surface area contributed by atoms with E-state index in [0.29, 0.717) is 13.2 Å². The maximum Gasteiger partial charge on any atom is 0.323 e. The molecule has 0 atom stereocenters. The Labute approximate surface area is 95.4 Å². The average molecular weight is 232 g/mol. The van der Waals surface area contributed by atoms with Gasteiger partial charge in [-0.25, -0.2) is 4.79 Å². The zero-order valence-corrected chi connectivity index (χ0v) is 9.78. The minimum absolute atomic E-state index is 0.229. The quantitative estimate of drug-likeness (QED) is 0.534. The third-order valence-electron chi connectivity index (χ3n) is 1.71. The van der Waals surface area contributed by atoms with E-state index in [1.165, 1.54) is 0 Å². The molecule has 94 valence electrons. The van der Waals surface area contributed by atoms with Gasteiger partial charge in [0.25, 0.3) is 0 Å². The highest BCUT2D eigenvalue weighted by Gasteiger charge is 2.01. The largest absolute Gasteiger partial charge is 0.480 e. The summed E-state index contributed by atoms with van der Waals surface area (Å²) in [6.45, 7) is 4.78. The highest BCUT2D eigenvalue weighted by Crippen LogP contribution is 1.93. The van der Waals surface area contributed by atoms with Crippen molar-refractivity contribution in [3.63, 3.8) is 0 Å². The third kappa shape index (κ3) is 10.8. The lowest BCUT2D eigenvalue weighted by Gasteiger charge is -2.08. The summed E-state index contributed by atoms with van der Waals surface area (Å²) in [7, 11) is 0. The first-order valence-corrected chi connectivity index (χ1v) is 5.37. The minimum atomic E-state index is -1.06. The summed E-state index contributed by atoms with van der Waals surface area (Å²) in [6, 6.07) is -0.452. The summed E-state index contributed by atoms with van der Waals surface area (Å²) in [5.41, 5.74) is 0. The highest BCUT2D eigenvalue weighted by molar-refractivity contribution is 5.79. The van der Waals surface area contributed by atoms with Gasteiger partial charge in [-0.3, -0.25) is 4.79 Å². The lowest BCUT2D eigenvalue weighted by Crippen LogP contribution is -2.38. The average Bonchev–Trinajstić information content (AvgIpc) is 2.19. The molecule has 0 aliphatic carbocycles. The predicted octanol–water partition coefficient (Wildman–Crippen LogP) is 0.575. The number of nitrogens with one attached hydrogen (secondary N) is 2. The van der Waals surface area contributed by atoms with E-state index in [1.54, 1.807) is 0 Å². The Hall–Kier alpha value is -1.30. The van der Waals surface area contributed by atoms with Crippen LogP contribution in [0.2, 0.25) is 0 Å². The van der Waals surface area contributed by atoms with E-state index in [-0.39, 0.29) is 12.6 Å². The number of rotatable bonds is 8. The van der Waals surface area contributed by atoms with Crippen LogP contribution in [0.1, 0.15) is 26.7 Å². The topological polar surface area (TPSA) is 87.7 Å². The predicted molar refractivity (Wildman–Crippen MR) is 59.4 cm³/mol. The zero-order chi connectivity index (χ0) is 12.4. The van der Waals surface area contributed by atoms with E-state index in [1.807, 2.05) is 13.8 Å². The lowest BCUT2D eigenvalue weighted by molar-refractivity contribution is -0.135. The molecule has 0 saturated carbocycles. The van der Waals surface area contributed by atoms with Crippen molar-refractivity contribution in [3.05, 3.63) is 0 Å². The van der Waals surface area contributed by atoms with Crippen LogP contribution in [-0.2, 0) is 9.53 Å². The van der Waals surface area contributed by atoms with Gasteiger partial charge in [-0.15, -0.1) is 0 Å². The van der Waals surface area contributed by atoms with Gasteiger partial charge in [-0.1, -0.05) is 0 Å². The molecule has 0 saturated heterocycles. The van der Waals surface area contributed by atoms with Crippen molar-refractivity contribution in [2.24, 2.45) is 0 Å². The molecule has 0 aromatic heterocycles. The molecule has 0 bridgehead atoms. The number of aliphatic carboxylic acids is 1. The number of ether oxygens (including phenoxy) is 1. The van der Waals surface area contributed by atoms with Crippen molar-refractivity contribution < 1.29 is 19.4 Å². The molecule has 0 heterocycles. The Bertz CT molecular complexity index is 219. The Morgan fingerprint density at radius 3 is 2.50 bits per heavy atom. The van der Waals surface area contributed by atoms with Crippen LogP contribution in [-0.4, -0.2) is 42.9 Å². The van der Waals surface area contributed by atoms with E-state index in [4.69, 9.17) is 9.84 Å². The second-order valence-electron chi connectivity index (χ2n) is 3.63. The smallest absolute Gasteiger partial charge is 0.323 e. The maximum atomic E-state index is 11.0. The molecule has 0 fully saturated rings. The molecule has 0 aromatic rings. The number of carbonyl (C=O) groups is 2. The van der Waals surface area contributed by atoms with E-state index < -0.39 is 12.0 Å². The second-order valence-corrected chi connectivity index (χ2v) is 3.63. The van der Waals surface area contributed by atoms with Crippen molar-refractivity contribution in [2.45, 2.75) is 32.8 Å².